The first kappa shape index (κ1) is 8.27. The monoisotopic (exact) mass is 189 g/mol. The third-order valence-electron chi connectivity index (χ3n) is 1.90. The van der Waals surface area contributed by atoms with Crippen molar-refractivity contribution in [3.8, 4) is 0 Å². The second-order valence-corrected chi connectivity index (χ2v) is 3.16. The minimum atomic E-state index is 0.647. The van der Waals surface area contributed by atoms with Crippen molar-refractivity contribution in [2.24, 2.45) is 0 Å². The number of para-hydroxylation sites is 1. The number of hydrogen-bond donors (Lipinski definition) is 0. The molecule has 1 aromatic carbocycles. The van der Waals surface area contributed by atoms with Crippen LogP contribution in [-0.4, -0.2) is 4.98 Å². The van der Waals surface area contributed by atoms with Crippen LogP contribution in [-0.2, 0) is 0 Å². The minimum absolute atomic E-state index is 0.647. The molecule has 0 atom stereocenters. The number of nitrogens with zero attached hydrogens (tertiary/aromatic N) is 1. The van der Waals surface area contributed by atoms with Gasteiger partial charge in [-0.25, -0.2) is 4.98 Å². The molecular weight excluding hydrogens is 182 g/mol. The van der Waals surface area contributed by atoms with Gasteiger partial charge in [-0.2, -0.15) is 0 Å². The van der Waals surface area contributed by atoms with Crippen LogP contribution in [0.5, 0.6) is 0 Å². The molecule has 0 radical (unpaired) electrons. The lowest BCUT2D eigenvalue weighted by atomic mass is 10.2. The lowest BCUT2D eigenvalue weighted by Gasteiger charge is -2.00. The number of halogens is 1. The van der Waals surface area contributed by atoms with Crippen molar-refractivity contribution in [3.63, 3.8) is 0 Å². The predicted molar refractivity (Wildman–Crippen MR) is 56.8 cm³/mol. The Kier molecular flexibility index (Phi) is 2.03. The van der Waals surface area contributed by atoms with E-state index in [4.69, 9.17) is 11.6 Å². The van der Waals surface area contributed by atoms with E-state index in [0.717, 1.165) is 16.6 Å². The van der Waals surface area contributed by atoms with Gasteiger partial charge < -0.3 is 0 Å². The Balaban J connectivity index is 2.81. The molecule has 0 aliphatic carbocycles. The van der Waals surface area contributed by atoms with Gasteiger partial charge in [-0.3, -0.25) is 0 Å². The molecule has 2 aromatic rings. The summed E-state index contributed by atoms with van der Waals surface area (Å²) in [4.78, 5) is 4.34. The lowest BCUT2D eigenvalue weighted by molar-refractivity contribution is 1.37. The average molecular weight is 190 g/mol. The molecule has 1 aromatic heterocycles. The maximum Gasteiger partial charge on any atom is 0.0817 e. The van der Waals surface area contributed by atoms with Gasteiger partial charge in [0.25, 0.3) is 0 Å². The Labute approximate surface area is 81.7 Å². The maximum absolute atomic E-state index is 5.97. The van der Waals surface area contributed by atoms with Crippen LogP contribution in [0.25, 0.3) is 17.0 Å². The molecule has 0 bridgehead atoms. The van der Waals surface area contributed by atoms with Gasteiger partial charge in [0.1, 0.15) is 0 Å². The van der Waals surface area contributed by atoms with E-state index in [1.165, 1.54) is 0 Å². The largest absolute Gasteiger partial charge is 0.247 e. The van der Waals surface area contributed by atoms with Crippen LogP contribution in [0, 0.1) is 0 Å². The Morgan fingerprint density at radius 1 is 1.31 bits per heavy atom. The zero-order chi connectivity index (χ0) is 9.26. The molecule has 0 fully saturated rings. The van der Waals surface area contributed by atoms with E-state index in [9.17, 15) is 0 Å². The molecule has 0 spiro atoms. The molecule has 0 aliphatic rings. The van der Waals surface area contributed by atoms with Gasteiger partial charge in [-0.15, -0.1) is 0 Å². The molecule has 2 rings (SSSR count). The van der Waals surface area contributed by atoms with E-state index >= 15 is 0 Å². The molecule has 0 unspecified atom stereocenters. The highest BCUT2D eigenvalue weighted by Crippen LogP contribution is 2.21. The van der Waals surface area contributed by atoms with Crippen LogP contribution >= 0.6 is 11.6 Å². The topological polar surface area (TPSA) is 12.9 Å². The lowest BCUT2D eigenvalue weighted by Crippen LogP contribution is -1.84. The van der Waals surface area contributed by atoms with Crippen molar-refractivity contribution < 1.29 is 0 Å². The van der Waals surface area contributed by atoms with Gasteiger partial charge in [0, 0.05) is 5.39 Å². The standard InChI is InChI=1S/C11H8ClN/c1-2-10-9(12)7-8-5-3-4-6-11(8)13-10/h2-7H,1H2. The van der Waals surface area contributed by atoms with Gasteiger partial charge in [-0.1, -0.05) is 36.4 Å². The summed E-state index contributed by atoms with van der Waals surface area (Å²) in [7, 11) is 0. The van der Waals surface area contributed by atoms with E-state index in [0.29, 0.717) is 5.02 Å². The third kappa shape index (κ3) is 1.43. The highest BCUT2D eigenvalue weighted by Gasteiger charge is 2.00. The normalized spacial score (nSPS) is 10.2. The summed E-state index contributed by atoms with van der Waals surface area (Å²) < 4.78 is 0. The summed E-state index contributed by atoms with van der Waals surface area (Å²) in [6.07, 6.45) is 1.66. The van der Waals surface area contributed by atoms with Crippen molar-refractivity contribution in [3.05, 3.63) is 47.6 Å². The van der Waals surface area contributed by atoms with Crippen molar-refractivity contribution in [2.75, 3.05) is 0 Å². The van der Waals surface area contributed by atoms with Crippen molar-refractivity contribution in [1.82, 2.24) is 4.98 Å². The molecular formula is C11H8ClN. The summed E-state index contributed by atoms with van der Waals surface area (Å²) in [5, 5.41) is 1.70. The first-order valence-electron chi connectivity index (χ1n) is 3.99. The molecule has 2 heteroatoms. The molecule has 0 aliphatic heterocycles. The Morgan fingerprint density at radius 3 is 2.85 bits per heavy atom. The fourth-order valence-electron chi connectivity index (χ4n) is 1.25. The SMILES string of the molecule is C=Cc1nc2ccccc2cc1Cl. The van der Waals surface area contributed by atoms with Gasteiger partial charge in [0.15, 0.2) is 0 Å². The van der Waals surface area contributed by atoms with Gasteiger partial charge in [0.2, 0.25) is 0 Å². The molecule has 0 saturated heterocycles. The zero-order valence-corrected chi connectivity index (χ0v) is 7.75. The smallest absolute Gasteiger partial charge is 0.0817 e. The molecule has 13 heavy (non-hydrogen) atoms. The quantitative estimate of drug-likeness (QED) is 0.669. The van der Waals surface area contributed by atoms with Crippen molar-refractivity contribution in [1.29, 1.82) is 0 Å². The van der Waals surface area contributed by atoms with Crippen LogP contribution < -0.4 is 0 Å². The molecule has 0 amide bonds. The Bertz CT molecular complexity index is 463. The van der Waals surface area contributed by atoms with Crippen molar-refractivity contribution in [2.45, 2.75) is 0 Å². The Hall–Kier alpha value is -1.34. The molecule has 0 saturated carbocycles. The fraction of sp³-hybridized carbons (Fsp3) is 0. The van der Waals surface area contributed by atoms with Gasteiger partial charge >= 0.3 is 0 Å². The highest BCUT2D eigenvalue weighted by atomic mass is 35.5. The first-order chi connectivity index (χ1) is 6.31. The van der Waals surface area contributed by atoms with E-state index in [1.807, 2.05) is 30.3 Å². The zero-order valence-electron chi connectivity index (χ0n) is 7.00. The fourth-order valence-corrected chi connectivity index (χ4v) is 1.49. The third-order valence-corrected chi connectivity index (χ3v) is 2.20. The van der Waals surface area contributed by atoms with Crippen LogP contribution in [0.2, 0.25) is 5.02 Å². The van der Waals surface area contributed by atoms with Crippen molar-refractivity contribution >= 4 is 28.6 Å². The predicted octanol–water partition coefficient (Wildman–Crippen LogP) is 3.53. The van der Waals surface area contributed by atoms with E-state index in [1.54, 1.807) is 6.08 Å². The highest BCUT2D eigenvalue weighted by molar-refractivity contribution is 6.32. The summed E-state index contributed by atoms with van der Waals surface area (Å²) in [6, 6.07) is 9.77. The van der Waals surface area contributed by atoms with E-state index in [2.05, 4.69) is 11.6 Å². The number of rotatable bonds is 1. The maximum atomic E-state index is 5.97. The van der Waals surface area contributed by atoms with Crippen LogP contribution in [0.15, 0.2) is 36.9 Å². The molecule has 1 heterocycles. The second kappa shape index (κ2) is 3.19. The van der Waals surface area contributed by atoms with Crippen LogP contribution in [0.3, 0.4) is 0 Å². The molecule has 0 N–H and O–H groups in total. The molecule has 1 nitrogen and oxygen atoms in total. The average Bonchev–Trinajstić information content (AvgIpc) is 2.17. The number of hydrogen-bond acceptors (Lipinski definition) is 1. The number of fused-ring (bicyclic) bond motifs is 1. The molecule has 64 valence electrons. The van der Waals surface area contributed by atoms with Gasteiger partial charge in [-0.05, 0) is 18.2 Å². The number of benzene rings is 1. The number of aromatic nitrogens is 1. The summed E-state index contributed by atoms with van der Waals surface area (Å²) in [5.74, 6) is 0. The van der Waals surface area contributed by atoms with Crippen LogP contribution in [0.4, 0.5) is 0 Å². The Morgan fingerprint density at radius 2 is 2.08 bits per heavy atom. The second-order valence-electron chi connectivity index (χ2n) is 2.75. The van der Waals surface area contributed by atoms with E-state index in [-0.39, 0.29) is 0 Å². The summed E-state index contributed by atoms with van der Waals surface area (Å²) in [6.45, 7) is 3.65. The van der Waals surface area contributed by atoms with E-state index < -0.39 is 0 Å². The summed E-state index contributed by atoms with van der Waals surface area (Å²) >= 11 is 5.97. The first-order valence-corrected chi connectivity index (χ1v) is 4.37. The minimum Gasteiger partial charge on any atom is -0.247 e. The summed E-state index contributed by atoms with van der Waals surface area (Å²) in [5.41, 5.74) is 1.68. The van der Waals surface area contributed by atoms with Crippen LogP contribution in [0.1, 0.15) is 5.69 Å². The number of pyridine rings is 1. The van der Waals surface area contributed by atoms with Gasteiger partial charge in [0.05, 0.1) is 16.2 Å².